The highest BCUT2D eigenvalue weighted by Gasteiger charge is 2.15. The lowest BCUT2D eigenvalue weighted by Crippen LogP contribution is -2.29. The van der Waals surface area contributed by atoms with Gasteiger partial charge in [-0.1, -0.05) is 40.9 Å². The maximum absolute atomic E-state index is 8.85. The molecule has 0 aromatic heterocycles. The molecule has 2 unspecified atom stereocenters. The lowest BCUT2D eigenvalue weighted by atomic mass is 10.1. The lowest BCUT2D eigenvalue weighted by molar-refractivity contribution is 0.264. The van der Waals surface area contributed by atoms with Crippen molar-refractivity contribution in [3.8, 4) is 0 Å². The summed E-state index contributed by atoms with van der Waals surface area (Å²) in [4.78, 5) is 0. The van der Waals surface area contributed by atoms with Gasteiger partial charge in [0.25, 0.3) is 0 Å². The fourth-order valence-corrected chi connectivity index (χ4v) is 2.38. The van der Waals surface area contributed by atoms with Gasteiger partial charge in [-0.3, -0.25) is 0 Å². The molecule has 0 saturated carbocycles. The van der Waals surface area contributed by atoms with Crippen LogP contribution in [-0.4, -0.2) is 17.8 Å². The fourth-order valence-electron chi connectivity index (χ4n) is 1.67. The van der Waals surface area contributed by atoms with E-state index in [2.05, 4.69) is 5.32 Å². The molecule has 0 radical (unpaired) electrons. The van der Waals surface area contributed by atoms with Crippen LogP contribution in [0.1, 0.15) is 31.9 Å². The molecule has 17 heavy (non-hydrogen) atoms. The summed E-state index contributed by atoms with van der Waals surface area (Å²) in [6.07, 6.45) is 0.698. The lowest BCUT2D eigenvalue weighted by Gasteiger charge is -2.21. The minimum absolute atomic E-state index is 0.0545. The van der Waals surface area contributed by atoms with Crippen molar-refractivity contribution in [2.24, 2.45) is 0 Å². The van der Waals surface area contributed by atoms with Crippen LogP contribution >= 0.6 is 34.8 Å². The Hall–Kier alpha value is 0.01000. The highest BCUT2D eigenvalue weighted by molar-refractivity contribution is 6.48. The maximum atomic E-state index is 8.85. The monoisotopic (exact) mass is 295 g/mol. The van der Waals surface area contributed by atoms with Gasteiger partial charge in [0.2, 0.25) is 0 Å². The second kappa shape index (κ2) is 6.81. The van der Waals surface area contributed by atoms with Crippen molar-refractivity contribution < 1.29 is 5.11 Å². The molecule has 0 spiro atoms. The van der Waals surface area contributed by atoms with Crippen LogP contribution in [0, 0.1) is 0 Å². The minimum atomic E-state index is 0.0545. The Labute approximate surface area is 117 Å². The van der Waals surface area contributed by atoms with E-state index in [4.69, 9.17) is 39.9 Å². The second-order valence-electron chi connectivity index (χ2n) is 4.07. The Morgan fingerprint density at radius 3 is 2.41 bits per heavy atom. The van der Waals surface area contributed by atoms with E-state index in [1.165, 1.54) is 0 Å². The van der Waals surface area contributed by atoms with E-state index in [0.717, 1.165) is 5.56 Å². The minimum Gasteiger partial charge on any atom is -0.396 e. The third kappa shape index (κ3) is 4.01. The van der Waals surface area contributed by atoms with E-state index >= 15 is 0 Å². The molecule has 2 atom stereocenters. The molecule has 0 amide bonds. The van der Waals surface area contributed by atoms with Crippen LogP contribution < -0.4 is 5.32 Å². The molecule has 5 heteroatoms. The van der Waals surface area contributed by atoms with Gasteiger partial charge in [0.15, 0.2) is 0 Å². The zero-order chi connectivity index (χ0) is 13.0. The van der Waals surface area contributed by atoms with Gasteiger partial charge in [-0.05, 0) is 31.9 Å². The summed E-state index contributed by atoms with van der Waals surface area (Å²) in [6.45, 7) is 4.17. The molecule has 0 bridgehead atoms. The SMILES string of the molecule is CC(CCO)NC(C)c1ccc(Cl)c(Cl)c1Cl. The van der Waals surface area contributed by atoms with E-state index in [-0.39, 0.29) is 18.7 Å². The molecule has 0 fully saturated rings. The molecule has 2 N–H and O–H groups in total. The average Bonchev–Trinajstić information content (AvgIpc) is 2.26. The van der Waals surface area contributed by atoms with Crippen molar-refractivity contribution in [1.29, 1.82) is 0 Å². The summed E-state index contributed by atoms with van der Waals surface area (Å²) in [5.74, 6) is 0. The normalized spacial score (nSPS) is 14.7. The van der Waals surface area contributed by atoms with Crippen molar-refractivity contribution in [3.05, 3.63) is 32.8 Å². The molecule has 1 rings (SSSR count). The fraction of sp³-hybridized carbons (Fsp3) is 0.500. The first-order chi connectivity index (χ1) is 7.97. The molecule has 1 aromatic carbocycles. The van der Waals surface area contributed by atoms with E-state index in [0.29, 0.717) is 21.5 Å². The Morgan fingerprint density at radius 2 is 1.82 bits per heavy atom. The van der Waals surface area contributed by atoms with Crippen molar-refractivity contribution >= 4 is 34.8 Å². The standard InChI is InChI=1S/C12H16Cl3NO/c1-7(5-6-17)16-8(2)9-3-4-10(13)12(15)11(9)14/h3-4,7-8,16-17H,5-6H2,1-2H3. The molecule has 96 valence electrons. The first-order valence-corrected chi connectivity index (χ1v) is 6.61. The van der Waals surface area contributed by atoms with Gasteiger partial charge in [-0.15, -0.1) is 0 Å². The summed E-state index contributed by atoms with van der Waals surface area (Å²) in [6, 6.07) is 3.86. The number of nitrogens with one attached hydrogen (secondary N) is 1. The van der Waals surface area contributed by atoms with Crippen LogP contribution in [0.3, 0.4) is 0 Å². The van der Waals surface area contributed by atoms with E-state index in [9.17, 15) is 0 Å². The van der Waals surface area contributed by atoms with Crippen LogP contribution in [0.2, 0.25) is 15.1 Å². The number of rotatable bonds is 5. The number of hydrogen-bond acceptors (Lipinski definition) is 2. The van der Waals surface area contributed by atoms with Crippen molar-refractivity contribution in [2.75, 3.05) is 6.61 Å². The molecule has 1 aromatic rings. The predicted octanol–water partition coefficient (Wildman–Crippen LogP) is 4.07. The highest BCUT2D eigenvalue weighted by Crippen LogP contribution is 2.35. The van der Waals surface area contributed by atoms with Crippen molar-refractivity contribution in [1.82, 2.24) is 5.32 Å². The van der Waals surface area contributed by atoms with Crippen LogP contribution in [0.25, 0.3) is 0 Å². The quantitative estimate of drug-likeness (QED) is 0.803. The third-order valence-electron chi connectivity index (χ3n) is 2.63. The molecular formula is C12H16Cl3NO. The van der Waals surface area contributed by atoms with Gasteiger partial charge in [0.1, 0.15) is 0 Å². The first-order valence-electron chi connectivity index (χ1n) is 5.47. The van der Waals surface area contributed by atoms with Crippen LogP contribution in [0.5, 0.6) is 0 Å². The Bertz CT molecular complexity index is 384. The molecular weight excluding hydrogens is 280 g/mol. The topological polar surface area (TPSA) is 32.3 Å². The number of hydrogen-bond donors (Lipinski definition) is 2. The summed E-state index contributed by atoms with van der Waals surface area (Å²) < 4.78 is 0. The molecule has 0 aliphatic heterocycles. The Balaban J connectivity index is 2.82. The maximum Gasteiger partial charge on any atom is 0.0781 e. The summed E-state index contributed by atoms with van der Waals surface area (Å²) >= 11 is 18.0. The Kier molecular flexibility index (Phi) is 6.04. The predicted molar refractivity (Wildman–Crippen MR) is 74.2 cm³/mol. The van der Waals surface area contributed by atoms with E-state index < -0.39 is 0 Å². The van der Waals surface area contributed by atoms with Gasteiger partial charge < -0.3 is 10.4 Å². The number of aliphatic hydroxyl groups excluding tert-OH is 1. The molecule has 0 aliphatic rings. The van der Waals surface area contributed by atoms with Crippen LogP contribution in [0.15, 0.2) is 12.1 Å². The largest absolute Gasteiger partial charge is 0.396 e. The number of halogens is 3. The first kappa shape index (κ1) is 15.1. The van der Waals surface area contributed by atoms with Crippen LogP contribution in [0.4, 0.5) is 0 Å². The summed E-state index contributed by atoms with van der Waals surface area (Å²) in [5.41, 5.74) is 0.908. The number of benzene rings is 1. The van der Waals surface area contributed by atoms with Gasteiger partial charge in [-0.25, -0.2) is 0 Å². The van der Waals surface area contributed by atoms with Crippen molar-refractivity contribution in [2.45, 2.75) is 32.4 Å². The van der Waals surface area contributed by atoms with Gasteiger partial charge in [0, 0.05) is 18.7 Å². The zero-order valence-electron chi connectivity index (χ0n) is 9.80. The third-order valence-corrected chi connectivity index (χ3v) is 3.94. The van der Waals surface area contributed by atoms with Gasteiger partial charge >= 0.3 is 0 Å². The molecule has 0 heterocycles. The summed E-state index contributed by atoms with van der Waals surface area (Å²) in [5, 5.41) is 13.5. The highest BCUT2D eigenvalue weighted by atomic mass is 35.5. The van der Waals surface area contributed by atoms with E-state index in [1.807, 2.05) is 19.9 Å². The molecule has 0 saturated heterocycles. The van der Waals surface area contributed by atoms with Gasteiger partial charge in [0.05, 0.1) is 15.1 Å². The Morgan fingerprint density at radius 1 is 1.18 bits per heavy atom. The summed E-state index contributed by atoms with van der Waals surface area (Å²) in [7, 11) is 0. The van der Waals surface area contributed by atoms with E-state index in [1.54, 1.807) is 6.07 Å². The van der Waals surface area contributed by atoms with Crippen molar-refractivity contribution in [3.63, 3.8) is 0 Å². The second-order valence-corrected chi connectivity index (χ2v) is 5.23. The zero-order valence-corrected chi connectivity index (χ0v) is 12.1. The van der Waals surface area contributed by atoms with Gasteiger partial charge in [-0.2, -0.15) is 0 Å². The van der Waals surface area contributed by atoms with Crippen LogP contribution in [-0.2, 0) is 0 Å². The average molecular weight is 297 g/mol. The molecule has 0 aliphatic carbocycles. The smallest absolute Gasteiger partial charge is 0.0781 e. The number of aliphatic hydroxyl groups is 1. The molecule has 2 nitrogen and oxygen atoms in total.